The van der Waals surface area contributed by atoms with Crippen molar-refractivity contribution in [3.8, 4) is 106 Å². The lowest BCUT2D eigenvalue weighted by molar-refractivity contribution is 0.840. The van der Waals surface area contributed by atoms with Crippen molar-refractivity contribution in [3.05, 3.63) is 440 Å². The number of aromatic nitrogens is 2. The van der Waals surface area contributed by atoms with Gasteiger partial charge in [-0.2, -0.15) is 0 Å². The summed E-state index contributed by atoms with van der Waals surface area (Å²) >= 11 is 0. The monoisotopic (exact) mass is 1380 g/mol. The molecule has 0 radical (unpaired) electrons. The fourth-order valence-corrected chi connectivity index (χ4v) is 17.6. The summed E-state index contributed by atoms with van der Waals surface area (Å²) in [6.45, 7) is 0. The van der Waals surface area contributed by atoms with Crippen molar-refractivity contribution >= 4 is 70.5 Å². The number of hydrogen-bond donors (Lipinski definition) is 0. The molecule has 510 valence electrons. The van der Waals surface area contributed by atoms with E-state index in [0.717, 1.165) is 34.5 Å². The van der Waals surface area contributed by atoms with Gasteiger partial charge < -0.3 is 0 Å². The van der Waals surface area contributed by atoms with Crippen LogP contribution < -0.4 is 5.22 Å². The topological polar surface area (TPSA) is 17.8 Å². The highest BCUT2D eigenvalue weighted by Crippen LogP contribution is 2.52. The fourth-order valence-electron chi connectivity index (χ4n) is 17.6. The SMILES string of the molecule is c1ccc(-c2ccccc2C2=c3ccc4c(-c5ccccc5-c5ccccc5)cc(-c5ccccc5-c5ccccc5)c5ccc(c3c54)C(c3ccccc3-c3ccccc3)C2)cc1.c1ccc(-c2nc3ccccc3n2-c2ccc(-c3c4ccccc4c(-c4ccc5ccccc5c4)c4ccccc34)cc2)cc1. The Hall–Kier alpha value is -14.1. The van der Waals surface area contributed by atoms with Crippen molar-refractivity contribution in [1.82, 2.24) is 9.55 Å². The first-order chi connectivity index (χ1) is 54.1. The van der Waals surface area contributed by atoms with Gasteiger partial charge in [0.05, 0.1) is 11.0 Å². The lowest BCUT2D eigenvalue weighted by Crippen LogP contribution is -2.21. The van der Waals surface area contributed by atoms with Crippen molar-refractivity contribution in [3.63, 3.8) is 0 Å². The normalized spacial score (nSPS) is 12.6. The molecule has 1 aliphatic rings. The van der Waals surface area contributed by atoms with Gasteiger partial charge in [0.25, 0.3) is 0 Å². The lowest BCUT2D eigenvalue weighted by atomic mass is 9.72. The van der Waals surface area contributed by atoms with Gasteiger partial charge in [-0.3, -0.25) is 4.57 Å². The van der Waals surface area contributed by atoms with Crippen LogP contribution in [0.1, 0.15) is 29.0 Å². The van der Waals surface area contributed by atoms with Gasteiger partial charge in [0.2, 0.25) is 0 Å². The van der Waals surface area contributed by atoms with Crippen molar-refractivity contribution in [2.75, 3.05) is 0 Å². The van der Waals surface area contributed by atoms with E-state index in [4.69, 9.17) is 4.98 Å². The molecule has 0 bridgehead atoms. The Balaban J connectivity index is 0.000000152. The standard InChI is InChI=1S/C64H44.C43H28N2/c1-5-21-43(22-6-1)47-29-13-17-33-51(47)59-41-60(52-34-18-14-30-48(52)44-23-7-2-8-24-44)56-39-40-58-62(54-36-20-16-32-50(54)46-27-11-4-12-28-46)42-61(57-38-37-55(59)63(56)64(57)58)53-35-19-15-31-49(53)45-25-9-3-10-26-45;1-2-13-31(14-3-1)43-44-39-20-10-11-21-40(39)45(43)34-26-24-30(25-27-34)41-35-16-6-8-18-37(35)42(38-19-9-7-17-36(38)41)33-23-22-29-12-4-5-15-32(29)28-33/h1-41,61H,42H2;1-28H. The van der Waals surface area contributed by atoms with Gasteiger partial charge in [0, 0.05) is 17.2 Å². The van der Waals surface area contributed by atoms with E-state index in [9.17, 15) is 0 Å². The van der Waals surface area contributed by atoms with Crippen LogP contribution >= 0.6 is 0 Å². The first-order valence-corrected chi connectivity index (χ1v) is 37.8. The average molecular weight is 1390 g/mol. The average Bonchev–Trinajstić information content (AvgIpc) is 1.57. The predicted molar refractivity (Wildman–Crippen MR) is 461 cm³/mol. The molecular weight excluding hydrogens is 1310 g/mol. The molecule has 1 atom stereocenters. The van der Waals surface area contributed by atoms with Crippen LogP contribution in [0, 0.1) is 0 Å². The van der Waals surface area contributed by atoms with Crippen LogP contribution in [0.4, 0.5) is 0 Å². The summed E-state index contributed by atoms with van der Waals surface area (Å²) in [5.41, 5.74) is 29.5. The van der Waals surface area contributed by atoms with Crippen LogP contribution in [0.5, 0.6) is 0 Å². The molecule has 0 spiro atoms. The third-order valence-electron chi connectivity index (χ3n) is 22.5. The molecule has 2 heteroatoms. The van der Waals surface area contributed by atoms with Crippen LogP contribution in [0.25, 0.3) is 177 Å². The van der Waals surface area contributed by atoms with Gasteiger partial charge in [-0.05, 0) is 213 Å². The summed E-state index contributed by atoms with van der Waals surface area (Å²) in [6.07, 6.45) is 0.876. The second-order valence-corrected chi connectivity index (χ2v) is 28.6. The van der Waals surface area contributed by atoms with Gasteiger partial charge in [-0.1, -0.05) is 382 Å². The maximum atomic E-state index is 5.04. The Morgan fingerprint density at radius 3 is 1.21 bits per heavy atom. The van der Waals surface area contributed by atoms with E-state index in [0.29, 0.717) is 0 Å². The van der Waals surface area contributed by atoms with Gasteiger partial charge in [-0.25, -0.2) is 4.98 Å². The maximum Gasteiger partial charge on any atom is 0.145 e. The first-order valence-electron chi connectivity index (χ1n) is 37.8. The van der Waals surface area contributed by atoms with E-state index in [-0.39, 0.29) is 5.92 Å². The largest absolute Gasteiger partial charge is 0.292 e. The minimum atomic E-state index is 0.109. The van der Waals surface area contributed by atoms with Gasteiger partial charge in [-0.15, -0.1) is 0 Å². The number of para-hydroxylation sites is 2. The van der Waals surface area contributed by atoms with Crippen molar-refractivity contribution < 1.29 is 0 Å². The molecule has 1 aliphatic carbocycles. The molecule has 0 fully saturated rings. The van der Waals surface area contributed by atoms with Gasteiger partial charge >= 0.3 is 0 Å². The van der Waals surface area contributed by atoms with E-state index in [2.05, 4.69) is 417 Å². The van der Waals surface area contributed by atoms with Crippen LogP contribution in [-0.2, 0) is 0 Å². The first kappa shape index (κ1) is 64.5. The Bertz CT molecular complexity index is 6740. The highest BCUT2D eigenvalue weighted by atomic mass is 15.1. The zero-order valence-electron chi connectivity index (χ0n) is 60.0. The molecule has 21 rings (SSSR count). The number of benzene rings is 19. The summed E-state index contributed by atoms with van der Waals surface area (Å²) in [5.74, 6) is 1.05. The molecule has 19 aromatic carbocycles. The molecule has 0 aliphatic heterocycles. The number of imidazole rings is 1. The molecular formula is C107H72N2. The van der Waals surface area contributed by atoms with E-state index in [1.54, 1.807) is 0 Å². The predicted octanol–water partition coefficient (Wildman–Crippen LogP) is 27.9. The minimum Gasteiger partial charge on any atom is -0.292 e. The van der Waals surface area contributed by atoms with Crippen LogP contribution in [-0.4, -0.2) is 9.55 Å². The van der Waals surface area contributed by atoms with Crippen LogP contribution in [0.3, 0.4) is 0 Å². The number of hydrogen-bond acceptors (Lipinski definition) is 1. The fraction of sp³-hybridized carbons (Fsp3) is 0.0187. The molecule has 1 heterocycles. The Labute approximate surface area is 634 Å². The van der Waals surface area contributed by atoms with E-state index in [1.165, 1.54) is 170 Å². The molecule has 1 aromatic heterocycles. The highest BCUT2D eigenvalue weighted by Gasteiger charge is 2.31. The molecule has 2 nitrogen and oxygen atoms in total. The molecule has 0 N–H and O–H groups in total. The Morgan fingerprint density at radius 2 is 0.651 bits per heavy atom. The molecule has 20 aromatic rings. The molecule has 0 amide bonds. The molecule has 1 unspecified atom stereocenters. The summed E-state index contributed by atoms with van der Waals surface area (Å²) in [7, 11) is 0. The Morgan fingerprint density at radius 1 is 0.239 bits per heavy atom. The second kappa shape index (κ2) is 27.8. The van der Waals surface area contributed by atoms with Gasteiger partial charge in [0.1, 0.15) is 5.82 Å². The smallest absolute Gasteiger partial charge is 0.145 e. The maximum absolute atomic E-state index is 5.04. The quantitative estimate of drug-likeness (QED) is 0.112. The molecule has 0 saturated heterocycles. The zero-order chi connectivity index (χ0) is 72.1. The van der Waals surface area contributed by atoms with Gasteiger partial charge in [0.15, 0.2) is 0 Å². The summed E-state index contributed by atoms with van der Waals surface area (Å²) in [6, 6.07) is 153. The molecule has 109 heavy (non-hydrogen) atoms. The van der Waals surface area contributed by atoms with Crippen molar-refractivity contribution in [2.45, 2.75) is 12.3 Å². The third-order valence-corrected chi connectivity index (χ3v) is 22.5. The third kappa shape index (κ3) is 11.5. The van der Waals surface area contributed by atoms with Crippen LogP contribution in [0.15, 0.2) is 419 Å². The zero-order valence-corrected chi connectivity index (χ0v) is 60.0. The van der Waals surface area contributed by atoms with Crippen molar-refractivity contribution in [2.24, 2.45) is 0 Å². The summed E-state index contributed by atoms with van der Waals surface area (Å²) in [5, 5.41) is 14.1. The lowest BCUT2D eigenvalue weighted by Gasteiger charge is -2.31. The Kier molecular flexibility index (Phi) is 16.4. The van der Waals surface area contributed by atoms with E-state index < -0.39 is 0 Å². The van der Waals surface area contributed by atoms with Crippen molar-refractivity contribution in [1.29, 1.82) is 0 Å². The minimum absolute atomic E-state index is 0.109. The summed E-state index contributed by atoms with van der Waals surface area (Å²) in [4.78, 5) is 5.04. The van der Waals surface area contributed by atoms with Crippen LogP contribution in [0.2, 0.25) is 0 Å². The number of nitrogens with zero attached hydrogens (tertiary/aromatic N) is 2. The molecule has 0 saturated carbocycles. The van der Waals surface area contributed by atoms with E-state index >= 15 is 0 Å². The number of fused-ring (bicyclic) bond motifs is 4. The van der Waals surface area contributed by atoms with E-state index in [1.807, 2.05) is 6.07 Å². The second-order valence-electron chi connectivity index (χ2n) is 28.6. The number of rotatable bonds is 12. The summed E-state index contributed by atoms with van der Waals surface area (Å²) < 4.78 is 2.27. The highest BCUT2D eigenvalue weighted by molar-refractivity contribution is 6.24.